The molecule has 2 rings (SSSR count). The molecule has 0 fully saturated rings. The van der Waals surface area contributed by atoms with Crippen molar-refractivity contribution in [1.29, 1.82) is 0 Å². The van der Waals surface area contributed by atoms with E-state index in [0.717, 1.165) is 12.0 Å². The number of hydrogen-bond acceptors (Lipinski definition) is 4. The van der Waals surface area contributed by atoms with Gasteiger partial charge < -0.3 is 10.1 Å². The summed E-state index contributed by atoms with van der Waals surface area (Å²) in [4.78, 5) is 12.1. The van der Waals surface area contributed by atoms with Gasteiger partial charge in [-0.15, -0.1) is 11.3 Å². The number of carbonyl (C=O) groups is 1. The lowest BCUT2D eigenvalue weighted by atomic mass is 10.2. The molecular formula is C13H10ClF2NO2S. The summed E-state index contributed by atoms with van der Waals surface area (Å²) in [5, 5.41) is 2.75. The average Bonchev–Trinajstić information content (AvgIpc) is 2.85. The summed E-state index contributed by atoms with van der Waals surface area (Å²) in [6.07, 6.45) is 0. The van der Waals surface area contributed by atoms with E-state index in [0.29, 0.717) is 10.9 Å². The Hall–Kier alpha value is -1.66. The Bertz CT molecular complexity index is 645. The summed E-state index contributed by atoms with van der Waals surface area (Å²) < 4.78 is 32.5. The van der Waals surface area contributed by atoms with Crippen LogP contribution in [0.25, 0.3) is 0 Å². The van der Waals surface area contributed by atoms with E-state index in [4.69, 9.17) is 11.6 Å². The number of anilines is 1. The van der Waals surface area contributed by atoms with Crippen molar-refractivity contribution >= 4 is 34.6 Å². The van der Waals surface area contributed by atoms with Crippen LogP contribution in [-0.4, -0.2) is 13.1 Å². The van der Waals surface area contributed by atoms with Gasteiger partial charge in [-0.1, -0.05) is 11.6 Å². The molecule has 0 aliphatic carbocycles. The Morgan fingerprint density at radius 3 is 2.65 bits per heavy atom. The normalized spacial score (nSPS) is 10.4. The summed E-state index contributed by atoms with van der Waals surface area (Å²) >= 11 is 7.12. The highest BCUT2D eigenvalue weighted by Crippen LogP contribution is 2.25. The number of nitrogens with one attached hydrogen (secondary N) is 1. The molecule has 106 valence electrons. The van der Waals surface area contributed by atoms with Crippen LogP contribution >= 0.6 is 22.9 Å². The fourth-order valence-corrected chi connectivity index (χ4v) is 2.61. The minimum atomic E-state index is -1.23. The van der Waals surface area contributed by atoms with Crippen molar-refractivity contribution in [3.63, 3.8) is 0 Å². The van der Waals surface area contributed by atoms with Gasteiger partial charge in [0.15, 0.2) is 11.6 Å². The number of carbonyl (C=O) groups excluding carboxylic acids is 1. The number of benzene rings is 1. The van der Waals surface area contributed by atoms with Gasteiger partial charge in [0.2, 0.25) is 0 Å². The number of hydrogen-bond donors (Lipinski definition) is 1. The highest BCUT2D eigenvalue weighted by molar-refractivity contribution is 7.16. The first kappa shape index (κ1) is 14.7. The van der Waals surface area contributed by atoms with Crippen molar-refractivity contribution in [2.75, 3.05) is 12.4 Å². The van der Waals surface area contributed by atoms with E-state index in [9.17, 15) is 13.6 Å². The maximum Gasteiger partial charge on any atom is 0.340 e. The molecule has 1 N–H and O–H groups in total. The van der Waals surface area contributed by atoms with Gasteiger partial charge in [-0.25, -0.2) is 13.6 Å². The molecule has 1 aromatic heterocycles. The zero-order valence-corrected chi connectivity index (χ0v) is 11.9. The lowest BCUT2D eigenvalue weighted by molar-refractivity contribution is 0.0594. The summed E-state index contributed by atoms with van der Waals surface area (Å²) in [5.41, 5.74) is -0.464. The van der Waals surface area contributed by atoms with Crippen molar-refractivity contribution < 1.29 is 18.3 Å². The van der Waals surface area contributed by atoms with Gasteiger partial charge in [-0.05, 0) is 24.3 Å². The lowest BCUT2D eigenvalue weighted by Crippen LogP contribution is -2.09. The smallest absolute Gasteiger partial charge is 0.340 e. The van der Waals surface area contributed by atoms with Gasteiger partial charge in [0.1, 0.15) is 0 Å². The fourth-order valence-electron chi connectivity index (χ4n) is 1.58. The topological polar surface area (TPSA) is 38.3 Å². The molecule has 0 aliphatic rings. The number of halogens is 3. The van der Waals surface area contributed by atoms with Crippen molar-refractivity contribution in [3.8, 4) is 0 Å². The molecule has 0 atom stereocenters. The highest BCUT2D eigenvalue weighted by atomic mass is 35.5. The second-order valence-corrected chi connectivity index (χ2v) is 5.64. The molecule has 2 aromatic rings. The van der Waals surface area contributed by atoms with Gasteiger partial charge in [0.25, 0.3) is 0 Å². The molecule has 0 saturated heterocycles. The molecule has 0 bridgehead atoms. The summed E-state index contributed by atoms with van der Waals surface area (Å²) in [6.45, 7) is 0.311. The largest absolute Gasteiger partial charge is 0.465 e. The van der Waals surface area contributed by atoms with E-state index in [1.165, 1.54) is 23.5 Å². The summed E-state index contributed by atoms with van der Waals surface area (Å²) in [5.74, 6) is -3.26. The monoisotopic (exact) mass is 317 g/mol. The van der Waals surface area contributed by atoms with Gasteiger partial charge >= 0.3 is 5.97 Å². The van der Waals surface area contributed by atoms with Crippen molar-refractivity contribution in [3.05, 3.63) is 50.7 Å². The van der Waals surface area contributed by atoms with Crippen molar-refractivity contribution in [2.24, 2.45) is 0 Å². The molecule has 1 heterocycles. The summed E-state index contributed by atoms with van der Waals surface area (Å²) in [7, 11) is 1.10. The van der Waals surface area contributed by atoms with Crippen LogP contribution in [0.5, 0.6) is 0 Å². The minimum absolute atomic E-state index is 0.0281. The maximum absolute atomic E-state index is 13.8. The third-order valence-electron chi connectivity index (χ3n) is 2.57. The Labute approximate surface area is 123 Å². The highest BCUT2D eigenvalue weighted by Gasteiger charge is 2.18. The van der Waals surface area contributed by atoms with E-state index in [-0.39, 0.29) is 5.69 Å². The first-order valence-corrected chi connectivity index (χ1v) is 6.76. The van der Waals surface area contributed by atoms with Crippen molar-refractivity contribution in [2.45, 2.75) is 6.54 Å². The fraction of sp³-hybridized carbons (Fsp3) is 0.154. The Morgan fingerprint density at radius 1 is 1.30 bits per heavy atom. The van der Waals surface area contributed by atoms with E-state index >= 15 is 0 Å². The van der Waals surface area contributed by atoms with Gasteiger partial charge in [-0.3, -0.25) is 0 Å². The predicted octanol–water partition coefficient (Wildman–Crippen LogP) is 4.08. The number of esters is 1. The molecule has 0 aliphatic heterocycles. The zero-order chi connectivity index (χ0) is 14.7. The molecule has 0 amide bonds. The summed E-state index contributed by atoms with van der Waals surface area (Å²) in [6, 6.07) is 5.98. The lowest BCUT2D eigenvalue weighted by Gasteiger charge is -2.09. The number of ether oxygens (including phenoxy) is 1. The number of thiophene rings is 1. The number of rotatable bonds is 4. The second kappa shape index (κ2) is 6.19. The Balaban J connectivity index is 2.17. The predicted molar refractivity (Wildman–Crippen MR) is 74.4 cm³/mol. The first-order valence-electron chi connectivity index (χ1n) is 5.57. The molecule has 0 unspecified atom stereocenters. The molecular weight excluding hydrogens is 308 g/mol. The molecule has 3 nitrogen and oxygen atoms in total. The molecule has 7 heteroatoms. The van der Waals surface area contributed by atoms with Gasteiger partial charge in [-0.2, -0.15) is 0 Å². The molecule has 0 spiro atoms. The van der Waals surface area contributed by atoms with Crippen LogP contribution in [0.1, 0.15) is 15.2 Å². The average molecular weight is 318 g/mol. The Morgan fingerprint density at radius 2 is 2.05 bits per heavy atom. The van der Waals surface area contributed by atoms with Crippen LogP contribution in [0, 0.1) is 11.6 Å². The molecule has 20 heavy (non-hydrogen) atoms. The van der Waals surface area contributed by atoms with E-state index in [1.807, 2.05) is 0 Å². The van der Waals surface area contributed by atoms with Crippen LogP contribution in [0.15, 0.2) is 24.3 Å². The van der Waals surface area contributed by atoms with Crippen LogP contribution in [-0.2, 0) is 11.3 Å². The molecule has 1 aromatic carbocycles. The van der Waals surface area contributed by atoms with Crippen LogP contribution in [0.2, 0.25) is 4.34 Å². The molecule has 0 radical (unpaired) electrons. The Kier molecular flexibility index (Phi) is 4.57. The second-order valence-electron chi connectivity index (χ2n) is 3.84. The van der Waals surface area contributed by atoms with Crippen molar-refractivity contribution in [1.82, 2.24) is 0 Å². The van der Waals surface area contributed by atoms with E-state index in [2.05, 4.69) is 10.1 Å². The van der Waals surface area contributed by atoms with Crippen LogP contribution < -0.4 is 5.32 Å². The van der Waals surface area contributed by atoms with Crippen LogP contribution in [0.3, 0.4) is 0 Å². The third-order valence-corrected chi connectivity index (χ3v) is 3.80. The molecule has 0 saturated carbocycles. The van der Waals surface area contributed by atoms with E-state index in [1.54, 1.807) is 12.1 Å². The third kappa shape index (κ3) is 3.08. The van der Waals surface area contributed by atoms with E-state index < -0.39 is 23.2 Å². The number of methoxy groups -OCH3 is 1. The van der Waals surface area contributed by atoms with Gasteiger partial charge in [0.05, 0.1) is 22.7 Å². The SMILES string of the molecule is COC(=O)c1ccc(NCc2ccc(Cl)s2)c(F)c1F. The van der Waals surface area contributed by atoms with Crippen LogP contribution in [0.4, 0.5) is 14.5 Å². The minimum Gasteiger partial charge on any atom is -0.465 e. The zero-order valence-electron chi connectivity index (χ0n) is 10.4. The quantitative estimate of drug-likeness (QED) is 0.864. The van der Waals surface area contributed by atoms with Gasteiger partial charge in [0, 0.05) is 11.4 Å². The first-order chi connectivity index (χ1) is 9.52. The standard InChI is InChI=1S/C13H10ClF2NO2S/c1-19-13(18)8-3-4-9(12(16)11(8)15)17-6-7-2-5-10(14)20-7/h2-5,17H,6H2,1H3. The maximum atomic E-state index is 13.8.